The SMILES string of the molecule is CCCNc1ccncc1C(=O)N1CCOC(C#N)C1. The highest BCUT2D eigenvalue weighted by atomic mass is 16.5. The van der Waals surface area contributed by atoms with E-state index in [4.69, 9.17) is 10.00 Å². The standard InChI is InChI=1S/C14H18N4O2/c1-2-4-17-13-3-5-16-9-12(13)14(19)18-6-7-20-11(8-15)10-18/h3,5,9,11H,2,4,6-7,10H2,1H3,(H,16,17). The zero-order chi connectivity index (χ0) is 14.4. The molecule has 0 radical (unpaired) electrons. The maximum Gasteiger partial charge on any atom is 0.257 e. The summed E-state index contributed by atoms with van der Waals surface area (Å²) in [6, 6.07) is 3.84. The Morgan fingerprint density at radius 3 is 3.30 bits per heavy atom. The van der Waals surface area contributed by atoms with Gasteiger partial charge in [-0.15, -0.1) is 0 Å². The van der Waals surface area contributed by atoms with E-state index in [1.807, 2.05) is 6.07 Å². The number of anilines is 1. The molecule has 2 heterocycles. The number of nitrogens with zero attached hydrogens (tertiary/aromatic N) is 3. The molecule has 0 spiro atoms. The minimum Gasteiger partial charge on any atom is -0.384 e. The number of carbonyl (C=O) groups excluding carboxylic acids is 1. The van der Waals surface area contributed by atoms with Crippen molar-refractivity contribution in [1.82, 2.24) is 9.88 Å². The summed E-state index contributed by atoms with van der Waals surface area (Å²) in [6.07, 6.45) is 3.66. The van der Waals surface area contributed by atoms with Gasteiger partial charge in [0.25, 0.3) is 5.91 Å². The smallest absolute Gasteiger partial charge is 0.257 e. The second-order valence-electron chi connectivity index (χ2n) is 4.59. The lowest BCUT2D eigenvalue weighted by atomic mass is 10.1. The predicted octanol–water partition coefficient (Wildman–Crippen LogP) is 1.27. The number of amides is 1. The number of rotatable bonds is 4. The highest BCUT2D eigenvalue weighted by Gasteiger charge is 2.26. The van der Waals surface area contributed by atoms with E-state index < -0.39 is 6.10 Å². The fourth-order valence-electron chi connectivity index (χ4n) is 2.06. The summed E-state index contributed by atoms with van der Waals surface area (Å²) in [6.45, 7) is 4.06. The molecule has 6 heteroatoms. The highest BCUT2D eigenvalue weighted by molar-refractivity contribution is 5.99. The molecule has 0 bridgehead atoms. The second-order valence-corrected chi connectivity index (χ2v) is 4.59. The van der Waals surface area contributed by atoms with Crippen molar-refractivity contribution in [2.45, 2.75) is 19.4 Å². The quantitative estimate of drug-likeness (QED) is 0.894. The third kappa shape index (κ3) is 3.25. The average molecular weight is 274 g/mol. The van der Waals surface area contributed by atoms with Crippen LogP contribution in [0.1, 0.15) is 23.7 Å². The number of aromatic nitrogens is 1. The van der Waals surface area contributed by atoms with Crippen LogP contribution in [0.4, 0.5) is 5.69 Å². The molecule has 1 aromatic rings. The number of hydrogen-bond donors (Lipinski definition) is 1. The molecule has 1 aliphatic heterocycles. The van der Waals surface area contributed by atoms with Gasteiger partial charge in [-0.2, -0.15) is 5.26 Å². The average Bonchev–Trinajstić information content (AvgIpc) is 2.52. The van der Waals surface area contributed by atoms with Crippen LogP contribution in [0.2, 0.25) is 0 Å². The molecule has 1 unspecified atom stereocenters. The molecule has 1 saturated heterocycles. The van der Waals surface area contributed by atoms with Gasteiger partial charge in [0.15, 0.2) is 6.10 Å². The Bertz CT molecular complexity index is 512. The Labute approximate surface area is 118 Å². The number of pyridine rings is 1. The van der Waals surface area contributed by atoms with Crippen molar-refractivity contribution in [2.75, 3.05) is 31.6 Å². The Kier molecular flexibility index (Phi) is 4.91. The molecular weight excluding hydrogens is 256 g/mol. The molecule has 0 aliphatic carbocycles. The molecule has 1 aromatic heterocycles. The van der Waals surface area contributed by atoms with Crippen LogP contribution in [-0.2, 0) is 4.74 Å². The van der Waals surface area contributed by atoms with Crippen LogP contribution in [0.3, 0.4) is 0 Å². The zero-order valence-corrected chi connectivity index (χ0v) is 11.5. The predicted molar refractivity (Wildman–Crippen MR) is 74.3 cm³/mol. The van der Waals surface area contributed by atoms with Crippen LogP contribution in [0.15, 0.2) is 18.5 Å². The lowest BCUT2D eigenvalue weighted by Crippen LogP contribution is -2.45. The first kappa shape index (κ1) is 14.3. The minimum atomic E-state index is -0.545. The number of ether oxygens (including phenoxy) is 1. The molecular formula is C14H18N4O2. The Balaban J connectivity index is 2.14. The Morgan fingerprint density at radius 1 is 1.70 bits per heavy atom. The third-order valence-electron chi connectivity index (χ3n) is 3.11. The van der Waals surface area contributed by atoms with Crippen molar-refractivity contribution in [3.05, 3.63) is 24.0 Å². The summed E-state index contributed by atoms with van der Waals surface area (Å²) < 4.78 is 5.25. The first-order valence-corrected chi connectivity index (χ1v) is 6.74. The van der Waals surface area contributed by atoms with Gasteiger partial charge < -0.3 is 15.0 Å². The summed E-state index contributed by atoms with van der Waals surface area (Å²) in [5, 5.41) is 12.1. The maximum atomic E-state index is 12.5. The fraction of sp³-hybridized carbons (Fsp3) is 0.500. The van der Waals surface area contributed by atoms with Crippen molar-refractivity contribution >= 4 is 11.6 Å². The van der Waals surface area contributed by atoms with Gasteiger partial charge in [-0.25, -0.2) is 0 Å². The molecule has 0 saturated carbocycles. The van der Waals surface area contributed by atoms with E-state index in [1.165, 1.54) is 0 Å². The summed E-state index contributed by atoms with van der Waals surface area (Å²) in [7, 11) is 0. The normalized spacial score (nSPS) is 18.4. The summed E-state index contributed by atoms with van der Waals surface area (Å²) >= 11 is 0. The summed E-state index contributed by atoms with van der Waals surface area (Å²) in [5.74, 6) is -0.111. The summed E-state index contributed by atoms with van der Waals surface area (Å²) in [4.78, 5) is 18.2. The van der Waals surface area contributed by atoms with Gasteiger partial charge in [-0.1, -0.05) is 6.92 Å². The molecule has 1 atom stereocenters. The van der Waals surface area contributed by atoms with Crippen molar-refractivity contribution in [1.29, 1.82) is 5.26 Å². The van der Waals surface area contributed by atoms with Crippen LogP contribution in [0, 0.1) is 11.3 Å². The topological polar surface area (TPSA) is 78.2 Å². The lowest BCUT2D eigenvalue weighted by Gasteiger charge is -2.30. The lowest BCUT2D eigenvalue weighted by molar-refractivity contribution is 0.00349. The van der Waals surface area contributed by atoms with E-state index in [-0.39, 0.29) is 5.91 Å². The Hall–Kier alpha value is -2.13. The van der Waals surface area contributed by atoms with Gasteiger partial charge in [0.2, 0.25) is 0 Å². The van der Waals surface area contributed by atoms with E-state index in [0.29, 0.717) is 25.3 Å². The van der Waals surface area contributed by atoms with Gasteiger partial charge >= 0.3 is 0 Å². The van der Waals surface area contributed by atoms with E-state index in [2.05, 4.69) is 17.2 Å². The van der Waals surface area contributed by atoms with Gasteiger partial charge in [0.1, 0.15) is 0 Å². The van der Waals surface area contributed by atoms with Crippen molar-refractivity contribution < 1.29 is 9.53 Å². The van der Waals surface area contributed by atoms with E-state index in [9.17, 15) is 4.79 Å². The van der Waals surface area contributed by atoms with Crippen molar-refractivity contribution in [2.24, 2.45) is 0 Å². The number of carbonyl (C=O) groups is 1. The molecule has 1 fully saturated rings. The number of nitrogens with one attached hydrogen (secondary N) is 1. The van der Waals surface area contributed by atoms with Gasteiger partial charge in [-0.3, -0.25) is 9.78 Å². The molecule has 0 aromatic carbocycles. The maximum absolute atomic E-state index is 12.5. The number of morpholine rings is 1. The van der Waals surface area contributed by atoms with Gasteiger partial charge in [-0.05, 0) is 12.5 Å². The van der Waals surface area contributed by atoms with Crippen LogP contribution in [0.5, 0.6) is 0 Å². The van der Waals surface area contributed by atoms with E-state index in [1.54, 1.807) is 23.4 Å². The first-order valence-electron chi connectivity index (χ1n) is 6.74. The zero-order valence-electron chi connectivity index (χ0n) is 11.5. The van der Waals surface area contributed by atoms with E-state index in [0.717, 1.165) is 18.7 Å². The van der Waals surface area contributed by atoms with Crippen LogP contribution in [-0.4, -0.2) is 48.1 Å². The monoisotopic (exact) mass is 274 g/mol. The van der Waals surface area contributed by atoms with Gasteiger partial charge in [0, 0.05) is 25.5 Å². The number of hydrogen-bond acceptors (Lipinski definition) is 5. The van der Waals surface area contributed by atoms with Gasteiger partial charge in [0.05, 0.1) is 30.5 Å². The third-order valence-corrected chi connectivity index (χ3v) is 3.11. The fourth-order valence-corrected chi connectivity index (χ4v) is 2.06. The highest BCUT2D eigenvalue weighted by Crippen LogP contribution is 2.17. The first-order chi connectivity index (χ1) is 9.76. The molecule has 1 N–H and O–H groups in total. The van der Waals surface area contributed by atoms with Crippen LogP contribution < -0.4 is 5.32 Å². The number of nitriles is 1. The molecule has 106 valence electrons. The van der Waals surface area contributed by atoms with Crippen LogP contribution in [0.25, 0.3) is 0 Å². The van der Waals surface area contributed by atoms with Crippen molar-refractivity contribution in [3.8, 4) is 6.07 Å². The molecule has 1 amide bonds. The summed E-state index contributed by atoms with van der Waals surface area (Å²) in [5.41, 5.74) is 1.33. The molecule has 2 rings (SSSR count). The molecule has 6 nitrogen and oxygen atoms in total. The second kappa shape index (κ2) is 6.87. The molecule has 1 aliphatic rings. The largest absolute Gasteiger partial charge is 0.384 e. The Morgan fingerprint density at radius 2 is 2.55 bits per heavy atom. The van der Waals surface area contributed by atoms with Crippen molar-refractivity contribution in [3.63, 3.8) is 0 Å². The van der Waals surface area contributed by atoms with E-state index >= 15 is 0 Å². The minimum absolute atomic E-state index is 0.111. The van der Waals surface area contributed by atoms with Crippen LogP contribution >= 0.6 is 0 Å². The molecule has 20 heavy (non-hydrogen) atoms.